The molecular weight excluding hydrogens is 320 g/mol. The van der Waals surface area contributed by atoms with Crippen molar-refractivity contribution in [2.75, 3.05) is 13.1 Å². The van der Waals surface area contributed by atoms with Gasteiger partial charge < -0.3 is 5.11 Å². The minimum absolute atomic E-state index is 0.0697. The number of hydrogen-bond donors (Lipinski definition) is 1. The van der Waals surface area contributed by atoms with Crippen LogP contribution in [0.5, 0.6) is 5.88 Å². The molecule has 0 aliphatic carbocycles. The van der Waals surface area contributed by atoms with Crippen molar-refractivity contribution in [3.63, 3.8) is 0 Å². The van der Waals surface area contributed by atoms with Gasteiger partial charge in [0.1, 0.15) is 5.82 Å². The second kappa shape index (κ2) is 6.18. The fourth-order valence-corrected chi connectivity index (χ4v) is 4.75. The number of likely N-dealkylation sites (tertiary alicyclic amines) is 1. The highest BCUT2D eigenvalue weighted by atomic mass is 32.1. The number of aromatic nitrogens is 3. The highest BCUT2D eigenvalue weighted by molar-refractivity contribution is 7.17. The molecule has 0 radical (unpaired) electrons. The highest BCUT2D eigenvalue weighted by Crippen LogP contribution is 2.41. The summed E-state index contributed by atoms with van der Waals surface area (Å²) < 4.78 is 1.57. The van der Waals surface area contributed by atoms with E-state index < -0.39 is 0 Å². The first-order valence-corrected chi connectivity index (χ1v) is 9.31. The van der Waals surface area contributed by atoms with Gasteiger partial charge in [0.25, 0.3) is 0 Å². The van der Waals surface area contributed by atoms with Crippen molar-refractivity contribution in [3.05, 3.63) is 46.1 Å². The van der Waals surface area contributed by atoms with Crippen LogP contribution >= 0.6 is 11.3 Å². The first-order valence-electron chi connectivity index (χ1n) is 8.50. The van der Waals surface area contributed by atoms with Crippen LogP contribution in [0.2, 0.25) is 0 Å². The number of piperidine rings is 1. The smallest absolute Gasteiger partial charge is 0.230 e. The van der Waals surface area contributed by atoms with E-state index in [1.165, 1.54) is 30.4 Å². The van der Waals surface area contributed by atoms with Crippen LogP contribution in [0.15, 0.2) is 24.3 Å². The molecule has 3 aromatic rings. The van der Waals surface area contributed by atoms with Crippen molar-refractivity contribution in [2.24, 2.45) is 0 Å². The van der Waals surface area contributed by atoms with Gasteiger partial charge >= 0.3 is 0 Å². The third-order valence-corrected chi connectivity index (χ3v) is 5.87. The van der Waals surface area contributed by atoms with Crippen LogP contribution in [0.1, 0.15) is 47.1 Å². The van der Waals surface area contributed by atoms with Gasteiger partial charge in [0.05, 0.1) is 10.9 Å². The minimum atomic E-state index is 0.0697. The number of thiazole rings is 1. The first-order chi connectivity index (χ1) is 11.6. The number of rotatable bonds is 3. The van der Waals surface area contributed by atoms with Gasteiger partial charge in [-0.2, -0.15) is 4.52 Å². The average Bonchev–Trinajstić information content (AvgIpc) is 3.09. The monoisotopic (exact) mass is 342 g/mol. The fraction of sp³-hybridized carbons (Fsp3) is 0.444. The van der Waals surface area contributed by atoms with Gasteiger partial charge in [0.2, 0.25) is 10.8 Å². The van der Waals surface area contributed by atoms with Crippen molar-refractivity contribution < 1.29 is 5.11 Å². The van der Waals surface area contributed by atoms with Gasteiger partial charge in [-0.05, 0) is 50.9 Å². The average molecular weight is 342 g/mol. The first kappa shape index (κ1) is 15.6. The molecule has 2 aromatic heterocycles. The molecule has 1 N–H and O–H groups in total. The van der Waals surface area contributed by atoms with Gasteiger partial charge in [0, 0.05) is 0 Å². The molecule has 0 amide bonds. The molecule has 0 saturated carbocycles. The summed E-state index contributed by atoms with van der Waals surface area (Å²) in [5, 5.41) is 15.1. The second-order valence-corrected chi connectivity index (χ2v) is 7.51. The summed E-state index contributed by atoms with van der Waals surface area (Å²) in [6.45, 7) is 6.11. The van der Waals surface area contributed by atoms with E-state index in [1.807, 2.05) is 6.92 Å². The van der Waals surface area contributed by atoms with Crippen LogP contribution < -0.4 is 0 Å². The van der Waals surface area contributed by atoms with Crippen molar-refractivity contribution in [1.82, 2.24) is 19.5 Å². The van der Waals surface area contributed by atoms with E-state index in [0.29, 0.717) is 5.82 Å². The van der Waals surface area contributed by atoms with Gasteiger partial charge in [-0.1, -0.05) is 42.0 Å². The number of fused-ring (bicyclic) bond motifs is 1. The summed E-state index contributed by atoms with van der Waals surface area (Å²) in [6, 6.07) is 8.54. The van der Waals surface area contributed by atoms with Crippen molar-refractivity contribution >= 4 is 16.3 Å². The number of aryl methyl sites for hydroxylation is 2. The Bertz CT molecular complexity index is 863. The van der Waals surface area contributed by atoms with Crippen molar-refractivity contribution in [2.45, 2.75) is 39.2 Å². The Hall–Kier alpha value is -1.92. The van der Waals surface area contributed by atoms with E-state index in [1.54, 1.807) is 15.9 Å². The standard InChI is InChI=1S/C18H22N4OS/c1-12-8-4-5-9-14(12)15(21-10-6-3-7-11-21)16-17(23)22-18(24-16)19-13(2)20-22/h4-5,8-9,15,23H,3,6-7,10-11H2,1-2H3/t15-/m0/s1. The lowest BCUT2D eigenvalue weighted by molar-refractivity contribution is 0.186. The maximum absolute atomic E-state index is 10.8. The highest BCUT2D eigenvalue weighted by Gasteiger charge is 2.30. The fourth-order valence-electron chi connectivity index (χ4n) is 3.60. The summed E-state index contributed by atoms with van der Waals surface area (Å²) in [4.78, 5) is 8.63. The number of nitrogens with zero attached hydrogens (tertiary/aromatic N) is 4. The predicted octanol–water partition coefficient (Wildman–Crippen LogP) is 3.69. The summed E-state index contributed by atoms with van der Waals surface area (Å²) in [7, 11) is 0. The lowest BCUT2D eigenvalue weighted by atomic mass is 9.96. The molecule has 0 spiro atoms. The van der Waals surface area contributed by atoms with Crippen LogP contribution in [0.25, 0.3) is 4.96 Å². The third kappa shape index (κ3) is 2.59. The Morgan fingerprint density at radius 2 is 1.88 bits per heavy atom. The van der Waals surface area contributed by atoms with Crippen LogP contribution in [0, 0.1) is 13.8 Å². The van der Waals surface area contributed by atoms with Crippen LogP contribution in [-0.4, -0.2) is 37.7 Å². The van der Waals surface area contributed by atoms with Gasteiger partial charge in [-0.15, -0.1) is 5.10 Å². The minimum Gasteiger partial charge on any atom is -0.492 e. The third-order valence-electron chi connectivity index (χ3n) is 4.79. The molecule has 1 aliphatic heterocycles. The molecule has 1 aromatic carbocycles. The molecule has 1 fully saturated rings. The van der Waals surface area contributed by atoms with Crippen molar-refractivity contribution in [1.29, 1.82) is 0 Å². The van der Waals surface area contributed by atoms with Crippen LogP contribution in [0.4, 0.5) is 0 Å². The molecule has 1 saturated heterocycles. The van der Waals surface area contributed by atoms with E-state index in [9.17, 15) is 5.11 Å². The molecule has 24 heavy (non-hydrogen) atoms. The predicted molar refractivity (Wildman–Crippen MR) is 95.7 cm³/mol. The summed E-state index contributed by atoms with van der Waals surface area (Å²) >= 11 is 1.55. The topological polar surface area (TPSA) is 53.7 Å². The zero-order valence-electron chi connectivity index (χ0n) is 14.1. The molecule has 1 atom stereocenters. The molecule has 5 nitrogen and oxygen atoms in total. The summed E-state index contributed by atoms with van der Waals surface area (Å²) in [5.74, 6) is 0.919. The Morgan fingerprint density at radius 1 is 1.12 bits per heavy atom. The zero-order chi connectivity index (χ0) is 16.7. The van der Waals surface area contributed by atoms with E-state index in [4.69, 9.17) is 0 Å². The van der Waals surface area contributed by atoms with E-state index in [2.05, 4.69) is 46.2 Å². The zero-order valence-corrected chi connectivity index (χ0v) is 14.9. The van der Waals surface area contributed by atoms with Gasteiger partial charge in [-0.3, -0.25) is 4.90 Å². The Balaban J connectivity index is 1.86. The van der Waals surface area contributed by atoms with Crippen LogP contribution in [0.3, 0.4) is 0 Å². The molecule has 4 rings (SSSR count). The Morgan fingerprint density at radius 3 is 2.58 bits per heavy atom. The number of aromatic hydroxyl groups is 1. The van der Waals surface area contributed by atoms with Gasteiger partial charge in [0.15, 0.2) is 0 Å². The summed E-state index contributed by atoms with van der Waals surface area (Å²) in [6.07, 6.45) is 3.71. The maximum atomic E-state index is 10.8. The van der Waals surface area contributed by atoms with E-state index in [0.717, 1.165) is 22.9 Å². The molecule has 0 unspecified atom stereocenters. The molecule has 3 heterocycles. The molecule has 1 aliphatic rings. The Labute approximate surface area is 145 Å². The summed E-state index contributed by atoms with van der Waals surface area (Å²) in [5.41, 5.74) is 2.51. The molecular formula is C18H22N4OS. The normalized spacial score (nSPS) is 17.4. The SMILES string of the molecule is Cc1nc2sc([C@H](c3ccccc3C)N3CCCCC3)c(O)n2n1. The van der Waals surface area contributed by atoms with Gasteiger partial charge in [-0.25, -0.2) is 4.98 Å². The Kier molecular flexibility index (Phi) is 4.02. The second-order valence-electron chi connectivity index (χ2n) is 6.50. The molecule has 0 bridgehead atoms. The quantitative estimate of drug-likeness (QED) is 0.789. The maximum Gasteiger partial charge on any atom is 0.230 e. The largest absolute Gasteiger partial charge is 0.492 e. The number of hydrogen-bond acceptors (Lipinski definition) is 5. The molecule has 6 heteroatoms. The lowest BCUT2D eigenvalue weighted by Gasteiger charge is -2.35. The van der Waals surface area contributed by atoms with Crippen molar-refractivity contribution in [3.8, 4) is 5.88 Å². The number of benzene rings is 1. The van der Waals surface area contributed by atoms with E-state index in [-0.39, 0.29) is 11.9 Å². The van der Waals surface area contributed by atoms with Crippen LogP contribution in [-0.2, 0) is 0 Å². The molecule has 126 valence electrons. The van der Waals surface area contributed by atoms with E-state index >= 15 is 0 Å². The lowest BCUT2D eigenvalue weighted by Crippen LogP contribution is -2.34.